The Balaban J connectivity index is 1.51. The first-order chi connectivity index (χ1) is 16.9. The molecule has 0 spiro atoms. The second-order valence-electron chi connectivity index (χ2n) is 8.61. The predicted molar refractivity (Wildman–Crippen MR) is 132 cm³/mol. The maximum atomic E-state index is 13.0. The van der Waals surface area contributed by atoms with Gasteiger partial charge in [0.15, 0.2) is 0 Å². The zero-order chi connectivity index (χ0) is 24.8. The minimum atomic E-state index is -0.800. The van der Waals surface area contributed by atoms with Gasteiger partial charge in [-0.3, -0.25) is 24.7 Å². The van der Waals surface area contributed by atoms with Gasteiger partial charge in [-0.15, -0.1) is 0 Å². The van der Waals surface area contributed by atoms with Crippen molar-refractivity contribution in [1.82, 2.24) is 15.6 Å². The molecule has 2 amide bonds. The van der Waals surface area contributed by atoms with Crippen LogP contribution in [0.1, 0.15) is 47.4 Å². The van der Waals surface area contributed by atoms with Crippen LogP contribution in [0.4, 0.5) is 11.4 Å². The summed E-state index contributed by atoms with van der Waals surface area (Å²) in [6.45, 7) is 1.85. The zero-order valence-corrected chi connectivity index (χ0v) is 19.3. The number of amides is 2. The molecule has 0 radical (unpaired) electrons. The molecule has 1 saturated carbocycles. The molecule has 3 N–H and O–H groups in total. The highest BCUT2D eigenvalue weighted by atomic mass is 16.6. The van der Waals surface area contributed by atoms with Gasteiger partial charge in [-0.25, -0.2) is 0 Å². The molecule has 0 aliphatic heterocycles. The molecule has 2 aromatic carbocycles. The van der Waals surface area contributed by atoms with Crippen LogP contribution in [-0.4, -0.2) is 33.8 Å². The number of nitro benzene ring substituents is 1. The molecule has 3 aromatic rings. The van der Waals surface area contributed by atoms with Crippen LogP contribution in [0.3, 0.4) is 0 Å². The number of nitrogens with zero attached hydrogens (tertiary/aromatic N) is 2. The van der Waals surface area contributed by atoms with Crippen molar-refractivity contribution in [3.8, 4) is 0 Å². The predicted octanol–water partition coefficient (Wildman–Crippen LogP) is 3.78. The van der Waals surface area contributed by atoms with Gasteiger partial charge in [-0.2, -0.15) is 0 Å². The molecule has 1 heterocycles. The molecule has 0 bridgehead atoms. The topological polar surface area (TPSA) is 126 Å². The third-order valence-corrected chi connectivity index (χ3v) is 5.79. The summed E-state index contributed by atoms with van der Waals surface area (Å²) >= 11 is 0. The Labute approximate surface area is 203 Å². The molecule has 1 aliphatic carbocycles. The number of nitro groups is 1. The van der Waals surface area contributed by atoms with Gasteiger partial charge in [0.05, 0.1) is 16.7 Å². The van der Waals surface area contributed by atoms with Gasteiger partial charge in [-0.05, 0) is 49.6 Å². The number of benzene rings is 2. The van der Waals surface area contributed by atoms with Gasteiger partial charge >= 0.3 is 0 Å². The van der Waals surface area contributed by atoms with Crippen LogP contribution < -0.4 is 16.0 Å². The second-order valence-corrected chi connectivity index (χ2v) is 8.61. The summed E-state index contributed by atoms with van der Waals surface area (Å²) in [5, 5.41) is 20.6. The molecule has 9 heteroatoms. The Bertz CT molecular complexity index is 1200. The van der Waals surface area contributed by atoms with Crippen LogP contribution in [-0.2, 0) is 11.2 Å². The van der Waals surface area contributed by atoms with Gasteiger partial charge in [0, 0.05) is 30.3 Å². The van der Waals surface area contributed by atoms with Crippen LogP contribution in [0.15, 0.2) is 72.9 Å². The van der Waals surface area contributed by atoms with E-state index in [2.05, 4.69) is 20.9 Å². The van der Waals surface area contributed by atoms with E-state index in [1.807, 2.05) is 49.4 Å². The third kappa shape index (κ3) is 6.41. The van der Waals surface area contributed by atoms with Gasteiger partial charge in [0.2, 0.25) is 5.91 Å². The van der Waals surface area contributed by atoms with Crippen LogP contribution in [0.25, 0.3) is 0 Å². The first-order valence-corrected chi connectivity index (χ1v) is 11.5. The smallest absolute Gasteiger partial charge is 0.293 e. The van der Waals surface area contributed by atoms with Gasteiger partial charge in [-0.1, -0.05) is 36.4 Å². The summed E-state index contributed by atoms with van der Waals surface area (Å²) < 4.78 is 0. The van der Waals surface area contributed by atoms with Crippen molar-refractivity contribution in [2.24, 2.45) is 0 Å². The Morgan fingerprint density at radius 3 is 2.49 bits per heavy atom. The minimum absolute atomic E-state index is 0.102. The first kappa shape index (κ1) is 23.9. The maximum absolute atomic E-state index is 13.0. The third-order valence-electron chi connectivity index (χ3n) is 5.79. The Hall–Kier alpha value is -4.27. The quantitative estimate of drug-likeness (QED) is 0.304. The number of carbonyl (C=O) groups excluding carboxylic acids is 2. The monoisotopic (exact) mass is 473 g/mol. The van der Waals surface area contributed by atoms with E-state index in [1.165, 1.54) is 18.2 Å². The number of rotatable bonds is 10. The number of carbonyl (C=O) groups is 2. The van der Waals surface area contributed by atoms with E-state index in [9.17, 15) is 19.7 Å². The number of aromatic nitrogens is 1. The molecule has 35 heavy (non-hydrogen) atoms. The number of hydrogen-bond acceptors (Lipinski definition) is 6. The number of pyridine rings is 1. The van der Waals surface area contributed by atoms with Gasteiger partial charge < -0.3 is 16.0 Å². The van der Waals surface area contributed by atoms with Crippen molar-refractivity contribution in [1.29, 1.82) is 0 Å². The Morgan fingerprint density at radius 1 is 1.09 bits per heavy atom. The summed E-state index contributed by atoms with van der Waals surface area (Å²) in [6, 6.07) is 18.1. The Kier molecular flexibility index (Phi) is 7.35. The van der Waals surface area contributed by atoms with Gasteiger partial charge in [0.25, 0.3) is 11.6 Å². The average Bonchev–Trinajstić information content (AvgIpc) is 3.68. The molecule has 4 rings (SSSR count). The fourth-order valence-corrected chi connectivity index (χ4v) is 3.72. The molecule has 1 aromatic heterocycles. The molecule has 1 fully saturated rings. The largest absolute Gasteiger partial charge is 0.371 e. The molecule has 2 atom stereocenters. The zero-order valence-electron chi connectivity index (χ0n) is 19.3. The van der Waals surface area contributed by atoms with Crippen molar-refractivity contribution in [2.75, 3.05) is 5.32 Å². The standard InChI is InChI=1S/C26H27N5O4/c1-17(21-9-5-6-14-27-21)28-22-13-10-19(16-24(22)31(34)35)25(32)30-23(26(33)29-20-11-12-20)15-18-7-3-2-4-8-18/h2-10,13-14,16-17,20,23,28H,11-12,15H2,1H3,(H,29,33)(H,30,32)/t17-,23-/m0/s1. The molecule has 0 saturated heterocycles. The second kappa shape index (κ2) is 10.8. The van der Waals surface area contributed by atoms with Gasteiger partial charge in [0.1, 0.15) is 11.7 Å². The van der Waals surface area contributed by atoms with E-state index in [-0.39, 0.29) is 34.9 Å². The van der Waals surface area contributed by atoms with Crippen molar-refractivity contribution in [3.05, 3.63) is 99.9 Å². The lowest BCUT2D eigenvalue weighted by atomic mass is 10.0. The van der Waals surface area contributed by atoms with Crippen molar-refractivity contribution >= 4 is 23.2 Å². The van der Waals surface area contributed by atoms with Crippen LogP contribution in [0.2, 0.25) is 0 Å². The molecule has 9 nitrogen and oxygen atoms in total. The lowest BCUT2D eigenvalue weighted by Crippen LogP contribution is -2.48. The highest BCUT2D eigenvalue weighted by molar-refractivity contribution is 5.98. The lowest BCUT2D eigenvalue weighted by Gasteiger charge is -2.19. The van der Waals surface area contributed by atoms with E-state index in [0.717, 1.165) is 24.1 Å². The van der Waals surface area contributed by atoms with Crippen LogP contribution in [0, 0.1) is 10.1 Å². The molecular formula is C26H27N5O4. The van der Waals surface area contributed by atoms with E-state index >= 15 is 0 Å². The summed E-state index contributed by atoms with van der Waals surface area (Å²) in [6.07, 6.45) is 3.82. The van der Waals surface area contributed by atoms with E-state index in [1.54, 1.807) is 12.3 Å². The summed E-state index contributed by atoms with van der Waals surface area (Å²) in [5.74, 6) is -0.814. The fraction of sp³-hybridized carbons (Fsp3) is 0.269. The van der Waals surface area contributed by atoms with Crippen LogP contribution in [0.5, 0.6) is 0 Å². The summed E-state index contributed by atoms with van der Waals surface area (Å²) in [7, 11) is 0. The highest BCUT2D eigenvalue weighted by Gasteiger charge is 2.29. The highest BCUT2D eigenvalue weighted by Crippen LogP contribution is 2.29. The van der Waals surface area contributed by atoms with Crippen LogP contribution >= 0.6 is 0 Å². The van der Waals surface area contributed by atoms with Crippen molar-refractivity contribution in [2.45, 2.75) is 44.3 Å². The molecule has 0 unspecified atom stereocenters. The molecule has 1 aliphatic rings. The maximum Gasteiger partial charge on any atom is 0.293 e. The normalized spacial score (nSPS) is 14.4. The van der Waals surface area contributed by atoms with Crippen molar-refractivity contribution in [3.63, 3.8) is 0 Å². The number of nitrogens with one attached hydrogen (secondary N) is 3. The lowest BCUT2D eigenvalue weighted by molar-refractivity contribution is -0.384. The fourth-order valence-electron chi connectivity index (χ4n) is 3.72. The van der Waals surface area contributed by atoms with Crippen molar-refractivity contribution < 1.29 is 14.5 Å². The molecular weight excluding hydrogens is 446 g/mol. The molecule has 180 valence electrons. The van der Waals surface area contributed by atoms with E-state index < -0.39 is 16.9 Å². The number of anilines is 1. The minimum Gasteiger partial charge on any atom is -0.371 e. The number of hydrogen-bond donors (Lipinski definition) is 3. The first-order valence-electron chi connectivity index (χ1n) is 11.5. The average molecular weight is 474 g/mol. The summed E-state index contributed by atoms with van der Waals surface area (Å²) in [4.78, 5) is 41.3. The van der Waals surface area contributed by atoms with E-state index in [4.69, 9.17) is 0 Å². The SMILES string of the molecule is C[C@H](Nc1ccc(C(=O)N[C@@H](Cc2ccccc2)C(=O)NC2CC2)cc1[N+](=O)[O-])c1ccccn1. The van der Waals surface area contributed by atoms with E-state index in [0.29, 0.717) is 6.42 Å². The summed E-state index contributed by atoms with van der Waals surface area (Å²) in [5.41, 5.74) is 1.77. The Morgan fingerprint density at radius 2 is 1.83 bits per heavy atom.